The summed E-state index contributed by atoms with van der Waals surface area (Å²) in [6.45, 7) is 1.98. The molecule has 3 nitrogen and oxygen atoms in total. The van der Waals surface area contributed by atoms with Crippen LogP contribution in [0.2, 0.25) is 0 Å². The highest BCUT2D eigenvalue weighted by Crippen LogP contribution is 2.27. The molecule has 0 bridgehead atoms. The van der Waals surface area contributed by atoms with Crippen molar-refractivity contribution in [3.05, 3.63) is 30.0 Å². The van der Waals surface area contributed by atoms with E-state index in [1.165, 1.54) is 6.20 Å². The van der Waals surface area contributed by atoms with Gasteiger partial charge in [-0.3, -0.25) is 0 Å². The van der Waals surface area contributed by atoms with Gasteiger partial charge in [0.2, 0.25) is 0 Å². The third-order valence-corrected chi connectivity index (χ3v) is 2.05. The van der Waals surface area contributed by atoms with E-state index in [4.69, 9.17) is 5.73 Å². The number of hydrogen-bond acceptors (Lipinski definition) is 3. The van der Waals surface area contributed by atoms with E-state index in [1.807, 2.05) is 25.1 Å². The predicted octanol–water partition coefficient (Wildman–Crippen LogP) is 1.83. The molecule has 13 heavy (non-hydrogen) atoms. The molecule has 3 heteroatoms. The Morgan fingerprint density at radius 3 is 2.85 bits per heavy atom. The van der Waals surface area contributed by atoms with Gasteiger partial charge in [-0.25, -0.2) is 4.98 Å². The summed E-state index contributed by atoms with van der Waals surface area (Å²) in [5.41, 5.74) is 6.78. The SMILES string of the molecule is Cc1ccc2c(O)cnc(N)c2c1. The molecule has 0 aliphatic carbocycles. The number of nitrogen functional groups attached to an aromatic ring is 1. The zero-order chi connectivity index (χ0) is 9.42. The lowest BCUT2D eigenvalue weighted by atomic mass is 10.1. The Labute approximate surface area is 75.8 Å². The van der Waals surface area contributed by atoms with Gasteiger partial charge in [0.25, 0.3) is 0 Å². The van der Waals surface area contributed by atoms with Crippen LogP contribution in [-0.2, 0) is 0 Å². The Hall–Kier alpha value is -1.77. The van der Waals surface area contributed by atoms with Crippen molar-refractivity contribution < 1.29 is 5.11 Å². The van der Waals surface area contributed by atoms with Crippen molar-refractivity contribution in [1.29, 1.82) is 0 Å². The molecule has 0 aliphatic rings. The van der Waals surface area contributed by atoms with Crippen molar-refractivity contribution in [3.63, 3.8) is 0 Å². The number of aromatic hydroxyl groups is 1. The molecule has 1 heterocycles. The highest BCUT2D eigenvalue weighted by molar-refractivity contribution is 5.95. The van der Waals surface area contributed by atoms with Gasteiger partial charge < -0.3 is 10.8 Å². The minimum atomic E-state index is 0.171. The Balaban J connectivity index is 2.92. The van der Waals surface area contributed by atoms with Crippen LogP contribution in [0.15, 0.2) is 24.4 Å². The first kappa shape index (κ1) is 7.86. The summed E-state index contributed by atoms with van der Waals surface area (Å²) in [4.78, 5) is 3.88. The molecule has 0 saturated carbocycles. The number of benzene rings is 1. The second-order valence-corrected chi connectivity index (χ2v) is 3.08. The Morgan fingerprint density at radius 2 is 2.08 bits per heavy atom. The third kappa shape index (κ3) is 1.18. The van der Waals surface area contributed by atoms with E-state index >= 15 is 0 Å². The molecular formula is C10H10N2O. The van der Waals surface area contributed by atoms with Gasteiger partial charge in [0, 0.05) is 10.8 Å². The number of anilines is 1. The molecule has 1 aromatic heterocycles. The van der Waals surface area contributed by atoms with Crippen molar-refractivity contribution in [2.24, 2.45) is 0 Å². The van der Waals surface area contributed by atoms with Gasteiger partial charge in [0.05, 0.1) is 6.20 Å². The number of nitrogens with two attached hydrogens (primary N) is 1. The average Bonchev–Trinajstić information content (AvgIpc) is 2.12. The molecule has 2 rings (SSSR count). The standard InChI is InChI=1S/C10H10N2O/c1-6-2-3-7-8(4-6)10(11)12-5-9(7)13/h2-5,13H,1H3,(H2,11,12). The Kier molecular flexibility index (Phi) is 1.59. The summed E-state index contributed by atoms with van der Waals surface area (Å²) in [7, 11) is 0. The summed E-state index contributed by atoms with van der Waals surface area (Å²) in [6.07, 6.45) is 1.37. The van der Waals surface area contributed by atoms with E-state index in [1.54, 1.807) is 0 Å². The maximum Gasteiger partial charge on any atom is 0.141 e. The predicted molar refractivity (Wildman–Crippen MR) is 52.6 cm³/mol. The van der Waals surface area contributed by atoms with Crippen molar-refractivity contribution in [2.45, 2.75) is 6.92 Å². The van der Waals surface area contributed by atoms with Gasteiger partial charge in [0.15, 0.2) is 0 Å². The van der Waals surface area contributed by atoms with Crippen LogP contribution < -0.4 is 5.73 Å². The first-order chi connectivity index (χ1) is 6.18. The van der Waals surface area contributed by atoms with Gasteiger partial charge in [0.1, 0.15) is 11.6 Å². The second kappa shape index (κ2) is 2.62. The first-order valence-corrected chi connectivity index (χ1v) is 4.02. The second-order valence-electron chi connectivity index (χ2n) is 3.08. The van der Waals surface area contributed by atoms with E-state index in [9.17, 15) is 5.11 Å². The number of nitrogens with zero attached hydrogens (tertiary/aromatic N) is 1. The van der Waals surface area contributed by atoms with Crippen LogP contribution >= 0.6 is 0 Å². The molecular weight excluding hydrogens is 164 g/mol. The van der Waals surface area contributed by atoms with Crippen LogP contribution in [-0.4, -0.2) is 10.1 Å². The van der Waals surface area contributed by atoms with E-state index < -0.39 is 0 Å². The molecule has 0 aliphatic heterocycles. The largest absolute Gasteiger partial charge is 0.506 e. The number of hydrogen-bond donors (Lipinski definition) is 2. The number of aryl methyl sites for hydroxylation is 1. The van der Waals surface area contributed by atoms with Gasteiger partial charge in [-0.15, -0.1) is 0 Å². The van der Waals surface area contributed by atoms with Crippen molar-refractivity contribution in [3.8, 4) is 5.75 Å². The molecule has 0 radical (unpaired) electrons. The van der Waals surface area contributed by atoms with E-state index in [-0.39, 0.29) is 5.75 Å². The van der Waals surface area contributed by atoms with Gasteiger partial charge in [-0.2, -0.15) is 0 Å². The number of aromatic nitrogens is 1. The van der Waals surface area contributed by atoms with Crippen LogP contribution in [0, 0.1) is 6.92 Å². The van der Waals surface area contributed by atoms with Crippen LogP contribution in [0.4, 0.5) is 5.82 Å². The summed E-state index contributed by atoms with van der Waals surface area (Å²) in [5, 5.41) is 11.0. The monoisotopic (exact) mass is 174 g/mol. The molecule has 1 aromatic carbocycles. The van der Waals surface area contributed by atoms with Gasteiger partial charge in [-0.05, 0) is 13.0 Å². The first-order valence-electron chi connectivity index (χ1n) is 4.02. The Bertz CT molecular complexity index is 466. The third-order valence-electron chi connectivity index (χ3n) is 2.05. The fourth-order valence-corrected chi connectivity index (χ4v) is 1.36. The van der Waals surface area contributed by atoms with E-state index in [2.05, 4.69) is 4.98 Å². The van der Waals surface area contributed by atoms with Crippen molar-refractivity contribution in [1.82, 2.24) is 4.98 Å². The quantitative estimate of drug-likeness (QED) is 0.640. The van der Waals surface area contributed by atoms with Crippen molar-refractivity contribution >= 4 is 16.6 Å². The molecule has 66 valence electrons. The normalized spacial score (nSPS) is 10.5. The van der Waals surface area contributed by atoms with Crippen LogP contribution in [0.1, 0.15) is 5.56 Å². The average molecular weight is 174 g/mol. The topological polar surface area (TPSA) is 59.1 Å². The van der Waals surface area contributed by atoms with E-state index in [0.717, 1.165) is 16.3 Å². The minimum Gasteiger partial charge on any atom is -0.506 e. The fourth-order valence-electron chi connectivity index (χ4n) is 1.36. The summed E-state index contributed by atoms with van der Waals surface area (Å²) in [5.74, 6) is 0.626. The highest BCUT2D eigenvalue weighted by Gasteiger charge is 2.03. The molecule has 2 aromatic rings. The zero-order valence-corrected chi connectivity index (χ0v) is 7.28. The maximum atomic E-state index is 9.47. The number of rotatable bonds is 0. The molecule has 0 spiro atoms. The fraction of sp³-hybridized carbons (Fsp3) is 0.100. The number of pyridine rings is 1. The smallest absolute Gasteiger partial charge is 0.141 e. The molecule has 0 atom stereocenters. The van der Waals surface area contributed by atoms with Gasteiger partial charge >= 0.3 is 0 Å². The lowest BCUT2D eigenvalue weighted by Crippen LogP contribution is -1.91. The van der Waals surface area contributed by atoms with Crippen LogP contribution in [0.3, 0.4) is 0 Å². The summed E-state index contributed by atoms with van der Waals surface area (Å²) >= 11 is 0. The zero-order valence-electron chi connectivity index (χ0n) is 7.28. The molecule has 0 unspecified atom stereocenters. The molecule has 0 saturated heterocycles. The molecule has 3 N–H and O–H groups in total. The minimum absolute atomic E-state index is 0.171. The Morgan fingerprint density at radius 1 is 1.31 bits per heavy atom. The highest BCUT2D eigenvalue weighted by atomic mass is 16.3. The summed E-state index contributed by atoms with van der Waals surface area (Å²) < 4.78 is 0. The maximum absolute atomic E-state index is 9.47. The van der Waals surface area contributed by atoms with Crippen molar-refractivity contribution in [2.75, 3.05) is 5.73 Å². The lowest BCUT2D eigenvalue weighted by Gasteiger charge is -2.03. The lowest BCUT2D eigenvalue weighted by molar-refractivity contribution is 0.479. The van der Waals surface area contributed by atoms with E-state index in [0.29, 0.717) is 5.82 Å². The van der Waals surface area contributed by atoms with Crippen LogP contribution in [0.5, 0.6) is 5.75 Å². The van der Waals surface area contributed by atoms with Gasteiger partial charge in [-0.1, -0.05) is 17.7 Å². The van der Waals surface area contributed by atoms with Crippen LogP contribution in [0.25, 0.3) is 10.8 Å². The molecule has 0 amide bonds. The number of fused-ring (bicyclic) bond motifs is 1. The molecule has 0 fully saturated rings. The summed E-state index contributed by atoms with van der Waals surface area (Å²) in [6, 6.07) is 5.69.